The zero-order valence-corrected chi connectivity index (χ0v) is 9.45. The van der Waals surface area contributed by atoms with E-state index >= 15 is 0 Å². The van der Waals surface area contributed by atoms with E-state index in [4.69, 9.17) is 10.00 Å². The molecule has 2 aromatic rings. The molecule has 2 aromatic heterocycles. The Kier molecular flexibility index (Phi) is 3.05. The molecular formula is C10H9N5O3. The molecule has 0 saturated carbocycles. The van der Waals surface area contributed by atoms with Crippen LogP contribution in [0.5, 0.6) is 0 Å². The first-order valence-corrected chi connectivity index (χ1v) is 5.18. The average Bonchev–Trinajstić information content (AvgIpc) is 2.72. The molecule has 0 spiro atoms. The van der Waals surface area contributed by atoms with E-state index in [1.165, 1.54) is 12.1 Å². The molecule has 2 rings (SSSR count). The number of carbonyl (C=O) groups excluding carboxylic acids is 1. The number of carbonyl (C=O) groups is 1. The maximum Gasteiger partial charge on any atom is 0.364 e. The van der Waals surface area contributed by atoms with Crippen LogP contribution in [0, 0.1) is 11.3 Å². The quantitative estimate of drug-likeness (QED) is 0.737. The van der Waals surface area contributed by atoms with Crippen molar-refractivity contribution in [2.75, 3.05) is 6.61 Å². The first-order valence-electron chi connectivity index (χ1n) is 5.18. The lowest BCUT2D eigenvalue weighted by Crippen LogP contribution is -2.19. The van der Waals surface area contributed by atoms with Crippen molar-refractivity contribution < 1.29 is 9.53 Å². The van der Waals surface area contributed by atoms with Crippen molar-refractivity contribution in [2.45, 2.75) is 12.8 Å². The summed E-state index contributed by atoms with van der Waals surface area (Å²) in [6.45, 7) is 1.81. The van der Waals surface area contributed by atoms with E-state index in [-0.39, 0.29) is 12.3 Å². The minimum atomic E-state index is -1.16. The van der Waals surface area contributed by atoms with Crippen LogP contribution in [-0.4, -0.2) is 32.4 Å². The van der Waals surface area contributed by atoms with Gasteiger partial charge in [0.15, 0.2) is 11.6 Å². The number of fused-ring (bicyclic) bond motifs is 1. The van der Waals surface area contributed by atoms with Gasteiger partial charge in [-0.25, -0.2) is 9.89 Å². The number of hydrogen-bond acceptors (Lipinski definition) is 6. The molecule has 0 saturated heterocycles. The van der Waals surface area contributed by atoms with Crippen LogP contribution >= 0.6 is 0 Å². The summed E-state index contributed by atoms with van der Waals surface area (Å²) in [7, 11) is 0. The van der Waals surface area contributed by atoms with Crippen molar-refractivity contribution in [3.63, 3.8) is 0 Å². The highest BCUT2D eigenvalue weighted by Crippen LogP contribution is 2.14. The second-order valence-electron chi connectivity index (χ2n) is 3.37. The van der Waals surface area contributed by atoms with Crippen LogP contribution in [0.3, 0.4) is 0 Å². The largest absolute Gasteiger partial charge is 0.465 e. The molecule has 1 unspecified atom stereocenters. The third kappa shape index (κ3) is 1.93. The molecule has 0 aliphatic rings. The van der Waals surface area contributed by atoms with Crippen molar-refractivity contribution in [1.82, 2.24) is 19.8 Å². The molecule has 0 bridgehead atoms. The molecule has 1 atom stereocenters. The molecule has 0 fully saturated rings. The summed E-state index contributed by atoms with van der Waals surface area (Å²) < 4.78 is 5.75. The Bertz CT molecular complexity index is 681. The highest BCUT2D eigenvalue weighted by molar-refractivity contribution is 5.80. The predicted molar refractivity (Wildman–Crippen MR) is 58.6 cm³/mol. The van der Waals surface area contributed by atoms with Crippen LogP contribution < -0.4 is 5.69 Å². The van der Waals surface area contributed by atoms with Gasteiger partial charge in [-0.15, -0.1) is 0 Å². The summed E-state index contributed by atoms with van der Waals surface area (Å²) in [5.74, 6) is -1.85. The summed E-state index contributed by atoms with van der Waals surface area (Å²) in [6, 6.07) is 4.74. The standard InChI is InChI=1S/C10H9N5O3/c1-2-18-9(16)6(5-11)7-3-4-8-12-13-10(17)15(8)14-7/h3-4,6H,2H2,1H3,(H,13,17). The second kappa shape index (κ2) is 4.67. The fraction of sp³-hybridized carbons (Fsp3) is 0.300. The van der Waals surface area contributed by atoms with Crippen LogP contribution in [0.2, 0.25) is 0 Å². The number of nitriles is 1. The molecule has 8 heteroatoms. The molecule has 0 aromatic carbocycles. The molecular weight excluding hydrogens is 238 g/mol. The normalized spacial score (nSPS) is 12.0. The van der Waals surface area contributed by atoms with Gasteiger partial charge in [0.25, 0.3) is 0 Å². The Morgan fingerprint density at radius 1 is 1.67 bits per heavy atom. The van der Waals surface area contributed by atoms with Gasteiger partial charge in [-0.05, 0) is 19.1 Å². The van der Waals surface area contributed by atoms with E-state index in [9.17, 15) is 9.59 Å². The first-order chi connectivity index (χ1) is 8.67. The Hall–Kier alpha value is -2.69. The van der Waals surface area contributed by atoms with Gasteiger partial charge in [0.2, 0.25) is 0 Å². The lowest BCUT2D eigenvalue weighted by atomic mass is 10.1. The Balaban J connectivity index is 2.46. The molecule has 0 radical (unpaired) electrons. The third-order valence-corrected chi connectivity index (χ3v) is 2.24. The van der Waals surface area contributed by atoms with Gasteiger partial charge in [0, 0.05) is 0 Å². The average molecular weight is 247 g/mol. The van der Waals surface area contributed by atoms with Gasteiger partial charge < -0.3 is 4.74 Å². The zero-order valence-electron chi connectivity index (χ0n) is 9.45. The molecule has 92 valence electrons. The molecule has 8 nitrogen and oxygen atoms in total. The molecule has 1 N–H and O–H groups in total. The molecule has 18 heavy (non-hydrogen) atoms. The van der Waals surface area contributed by atoms with Crippen molar-refractivity contribution in [3.05, 3.63) is 28.3 Å². The molecule has 0 aliphatic heterocycles. The topological polar surface area (TPSA) is 113 Å². The lowest BCUT2D eigenvalue weighted by molar-refractivity contribution is -0.143. The second-order valence-corrected chi connectivity index (χ2v) is 3.37. The number of ether oxygens (including phenoxy) is 1. The number of nitrogens with one attached hydrogen (secondary N) is 1. The summed E-state index contributed by atoms with van der Waals surface area (Å²) in [6.07, 6.45) is 0. The molecule has 2 heterocycles. The van der Waals surface area contributed by atoms with Crippen molar-refractivity contribution >= 4 is 11.6 Å². The number of H-pyrrole nitrogens is 1. The monoisotopic (exact) mass is 247 g/mol. The van der Waals surface area contributed by atoms with Crippen molar-refractivity contribution in [2.24, 2.45) is 0 Å². The van der Waals surface area contributed by atoms with Crippen molar-refractivity contribution in [1.29, 1.82) is 5.26 Å². The highest BCUT2D eigenvalue weighted by Gasteiger charge is 2.23. The fourth-order valence-corrected chi connectivity index (χ4v) is 1.44. The number of aromatic amines is 1. The van der Waals surface area contributed by atoms with Crippen LogP contribution in [0.4, 0.5) is 0 Å². The van der Waals surface area contributed by atoms with E-state index in [2.05, 4.69) is 15.3 Å². The van der Waals surface area contributed by atoms with Crippen LogP contribution in [0.25, 0.3) is 5.65 Å². The van der Waals surface area contributed by atoms with E-state index in [0.29, 0.717) is 5.65 Å². The van der Waals surface area contributed by atoms with Gasteiger partial charge in [0.05, 0.1) is 18.4 Å². The summed E-state index contributed by atoms with van der Waals surface area (Å²) in [5, 5.41) is 18.8. The van der Waals surface area contributed by atoms with E-state index in [0.717, 1.165) is 4.52 Å². The summed E-state index contributed by atoms with van der Waals surface area (Å²) in [4.78, 5) is 22.9. The number of hydrogen-bond donors (Lipinski definition) is 1. The predicted octanol–water partition coefficient (Wildman–Crippen LogP) is -0.412. The van der Waals surface area contributed by atoms with E-state index in [1.54, 1.807) is 13.0 Å². The van der Waals surface area contributed by atoms with Crippen LogP contribution in [0.1, 0.15) is 18.5 Å². The zero-order chi connectivity index (χ0) is 13.1. The van der Waals surface area contributed by atoms with Crippen LogP contribution in [-0.2, 0) is 9.53 Å². The van der Waals surface area contributed by atoms with Crippen LogP contribution in [0.15, 0.2) is 16.9 Å². The minimum absolute atomic E-state index is 0.145. The Labute approximate surface area is 101 Å². The maximum absolute atomic E-state index is 11.5. The smallest absolute Gasteiger partial charge is 0.364 e. The van der Waals surface area contributed by atoms with E-state index < -0.39 is 17.6 Å². The molecule has 0 aliphatic carbocycles. The van der Waals surface area contributed by atoms with Gasteiger partial charge in [-0.1, -0.05) is 0 Å². The van der Waals surface area contributed by atoms with E-state index in [1.807, 2.05) is 0 Å². The van der Waals surface area contributed by atoms with Crippen molar-refractivity contribution in [3.8, 4) is 6.07 Å². The Morgan fingerprint density at radius 2 is 2.44 bits per heavy atom. The Morgan fingerprint density at radius 3 is 3.11 bits per heavy atom. The number of aromatic nitrogens is 4. The summed E-state index contributed by atoms with van der Waals surface area (Å²) >= 11 is 0. The number of esters is 1. The summed E-state index contributed by atoms with van der Waals surface area (Å²) in [5.41, 5.74) is -0.0800. The fourth-order valence-electron chi connectivity index (χ4n) is 1.44. The maximum atomic E-state index is 11.5. The third-order valence-electron chi connectivity index (χ3n) is 2.24. The van der Waals surface area contributed by atoms with Gasteiger partial charge >= 0.3 is 11.7 Å². The lowest BCUT2D eigenvalue weighted by Gasteiger charge is -2.07. The van der Waals surface area contributed by atoms with Gasteiger partial charge in [0.1, 0.15) is 0 Å². The van der Waals surface area contributed by atoms with Gasteiger partial charge in [-0.3, -0.25) is 4.79 Å². The first kappa shape index (κ1) is 11.8. The van der Waals surface area contributed by atoms with Gasteiger partial charge in [-0.2, -0.15) is 20.0 Å². The number of rotatable bonds is 3. The SMILES string of the molecule is CCOC(=O)C(C#N)c1ccc2n[nH]c(=O)n2n1. The highest BCUT2D eigenvalue weighted by atomic mass is 16.5. The minimum Gasteiger partial charge on any atom is -0.465 e. The number of nitrogens with zero attached hydrogens (tertiary/aromatic N) is 4. The molecule has 0 amide bonds.